The van der Waals surface area contributed by atoms with Gasteiger partial charge < -0.3 is 20.3 Å². The van der Waals surface area contributed by atoms with Gasteiger partial charge in [0.15, 0.2) is 0 Å². The number of hydrogen-bond acceptors (Lipinski definition) is 4. The molecular weight excluding hydrogens is 502 g/mol. The molecule has 2 rings (SSSR count). The van der Waals surface area contributed by atoms with Gasteiger partial charge in [-0.3, -0.25) is 9.59 Å². The molecule has 40 heavy (non-hydrogen) atoms. The molecule has 0 bridgehead atoms. The lowest BCUT2D eigenvalue weighted by Gasteiger charge is -2.36. The highest BCUT2D eigenvalue weighted by molar-refractivity contribution is 5.93. The van der Waals surface area contributed by atoms with Crippen LogP contribution in [0.1, 0.15) is 90.5 Å². The molecule has 0 spiro atoms. The van der Waals surface area contributed by atoms with Gasteiger partial charge in [-0.2, -0.15) is 0 Å². The number of alkyl carbamates (subject to hydrolysis) is 1. The number of terminal acetylenes is 1. The molecule has 0 aliphatic heterocycles. The second kappa shape index (κ2) is 14.6. The lowest BCUT2D eigenvalue weighted by Crippen LogP contribution is -2.55. The predicted molar refractivity (Wildman–Crippen MR) is 160 cm³/mol. The highest BCUT2D eigenvalue weighted by atomic mass is 16.6. The van der Waals surface area contributed by atoms with Crippen LogP contribution in [0, 0.1) is 12.3 Å². The number of nitrogens with one attached hydrogen (secondary N) is 2. The molecule has 0 saturated carbocycles. The minimum atomic E-state index is -0.991. The van der Waals surface area contributed by atoms with E-state index >= 15 is 0 Å². The van der Waals surface area contributed by atoms with Crippen LogP contribution in [0.25, 0.3) is 0 Å². The number of carbonyl (C=O) groups is 3. The first kappa shape index (κ1) is 32.4. The third-order valence-corrected chi connectivity index (χ3v) is 6.03. The zero-order valence-corrected chi connectivity index (χ0v) is 25.0. The molecule has 0 saturated heterocycles. The van der Waals surface area contributed by atoms with Gasteiger partial charge in [-0.15, -0.1) is 6.42 Å². The van der Waals surface area contributed by atoms with E-state index in [2.05, 4.69) is 23.5 Å². The fraction of sp³-hybridized carbons (Fsp3) is 0.485. The van der Waals surface area contributed by atoms with Gasteiger partial charge in [0, 0.05) is 24.1 Å². The Labute approximate surface area is 240 Å². The van der Waals surface area contributed by atoms with Crippen LogP contribution < -0.4 is 10.6 Å². The van der Waals surface area contributed by atoms with E-state index in [9.17, 15) is 14.4 Å². The summed E-state index contributed by atoms with van der Waals surface area (Å²) >= 11 is 0. The third kappa shape index (κ3) is 10.4. The summed E-state index contributed by atoms with van der Waals surface area (Å²) in [7, 11) is 0. The molecule has 0 heterocycles. The SMILES string of the molecule is C#Cc1ccccc1C(C(=O)NC(C)(C)C)N(CCCCC)C(=O)C(Cc1ccccc1)NC(=O)OC(C)(C)C. The minimum Gasteiger partial charge on any atom is -0.444 e. The largest absolute Gasteiger partial charge is 0.444 e. The Balaban J connectivity index is 2.63. The zero-order valence-electron chi connectivity index (χ0n) is 25.0. The molecule has 2 N–H and O–H groups in total. The number of rotatable bonds is 11. The van der Waals surface area contributed by atoms with Gasteiger partial charge in [0.2, 0.25) is 11.8 Å². The van der Waals surface area contributed by atoms with Crippen molar-refractivity contribution < 1.29 is 19.1 Å². The second-order valence-electron chi connectivity index (χ2n) is 12.0. The van der Waals surface area contributed by atoms with Crippen LogP contribution in [0.15, 0.2) is 54.6 Å². The number of amides is 3. The van der Waals surface area contributed by atoms with Gasteiger partial charge in [-0.1, -0.05) is 74.2 Å². The second-order valence-corrected chi connectivity index (χ2v) is 12.0. The highest BCUT2D eigenvalue weighted by Crippen LogP contribution is 2.27. The predicted octanol–water partition coefficient (Wildman–Crippen LogP) is 5.78. The van der Waals surface area contributed by atoms with Crippen LogP contribution in [0.4, 0.5) is 4.79 Å². The third-order valence-electron chi connectivity index (χ3n) is 6.03. The molecule has 3 amide bonds. The van der Waals surface area contributed by atoms with Crippen molar-refractivity contribution >= 4 is 17.9 Å². The van der Waals surface area contributed by atoms with Crippen molar-refractivity contribution in [3.05, 3.63) is 71.3 Å². The smallest absolute Gasteiger partial charge is 0.408 e. The Morgan fingerprint density at radius 3 is 2.15 bits per heavy atom. The Hall–Kier alpha value is -3.79. The molecule has 0 fully saturated rings. The minimum absolute atomic E-state index is 0.230. The standard InChI is InChI=1S/C33H45N3O4/c1-9-11-17-22-36(28(29(37)35-32(3,4)5)26-21-16-15-20-25(26)10-2)30(38)27(23-24-18-13-12-14-19-24)34-31(39)40-33(6,7)8/h2,12-16,18-21,27-28H,9,11,17,22-23H2,1,3-8H3,(H,34,39)(H,35,37). The summed E-state index contributed by atoms with van der Waals surface area (Å²) in [6, 6.07) is 14.7. The van der Waals surface area contributed by atoms with E-state index in [1.807, 2.05) is 63.2 Å². The molecule has 0 aromatic heterocycles. The Morgan fingerprint density at radius 1 is 0.950 bits per heavy atom. The van der Waals surface area contributed by atoms with Crippen molar-refractivity contribution in [3.63, 3.8) is 0 Å². The zero-order chi connectivity index (χ0) is 29.9. The van der Waals surface area contributed by atoms with Crippen LogP contribution in [0.3, 0.4) is 0 Å². The van der Waals surface area contributed by atoms with E-state index in [0.717, 1.165) is 18.4 Å². The van der Waals surface area contributed by atoms with Crippen molar-refractivity contribution in [1.29, 1.82) is 0 Å². The average molecular weight is 548 g/mol. The fourth-order valence-electron chi connectivity index (χ4n) is 4.35. The van der Waals surface area contributed by atoms with Crippen molar-refractivity contribution in [2.75, 3.05) is 6.54 Å². The lowest BCUT2D eigenvalue weighted by atomic mass is 9.95. The van der Waals surface area contributed by atoms with E-state index < -0.39 is 29.3 Å². The quantitative estimate of drug-likeness (QED) is 0.276. The summed E-state index contributed by atoms with van der Waals surface area (Å²) in [5, 5.41) is 5.83. The lowest BCUT2D eigenvalue weighted by molar-refractivity contribution is -0.143. The van der Waals surface area contributed by atoms with Crippen LogP contribution in [-0.2, 0) is 20.7 Å². The maximum Gasteiger partial charge on any atom is 0.408 e. The van der Waals surface area contributed by atoms with Gasteiger partial charge in [0.05, 0.1) is 0 Å². The average Bonchev–Trinajstić information content (AvgIpc) is 2.86. The normalized spacial score (nSPS) is 12.9. The van der Waals surface area contributed by atoms with Gasteiger partial charge >= 0.3 is 6.09 Å². The first-order valence-electron chi connectivity index (χ1n) is 14.0. The maximum absolute atomic E-state index is 14.5. The molecule has 2 unspecified atom stereocenters. The highest BCUT2D eigenvalue weighted by Gasteiger charge is 2.38. The van der Waals surface area contributed by atoms with E-state index in [1.54, 1.807) is 37.8 Å². The number of carbonyl (C=O) groups excluding carboxylic acids is 3. The van der Waals surface area contributed by atoms with E-state index in [0.29, 0.717) is 24.1 Å². The van der Waals surface area contributed by atoms with Gasteiger partial charge in [-0.05, 0) is 65.2 Å². The number of hydrogen-bond donors (Lipinski definition) is 2. The van der Waals surface area contributed by atoms with Crippen LogP contribution >= 0.6 is 0 Å². The van der Waals surface area contributed by atoms with Gasteiger partial charge in [-0.25, -0.2) is 4.79 Å². The monoisotopic (exact) mass is 547 g/mol. The Morgan fingerprint density at radius 2 is 1.57 bits per heavy atom. The molecule has 7 heteroatoms. The van der Waals surface area contributed by atoms with Crippen molar-refractivity contribution in [1.82, 2.24) is 15.5 Å². The van der Waals surface area contributed by atoms with Crippen molar-refractivity contribution in [2.45, 2.75) is 97.4 Å². The summed E-state index contributed by atoms with van der Waals surface area (Å²) in [6.07, 6.45) is 7.87. The molecule has 0 aliphatic carbocycles. The molecular formula is C33H45N3O4. The number of unbranched alkanes of at least 4 members (excludes halogenated alkanes) is 2. The molecule has 2 aromatic carbocycles. The topological polar surface area (TPSA) is 87.7 Å². The Bertz CT molecular complexity index is 1170. The summed E-state index contributed by atoms with van der Waals surface area (Å²) < 4.78 is 5.50. The summed E-state index contributed by atoms with van der Waals surface area (Å²) in [6.45, 7) is 13.4. The molecule has 2 aromatic rings. The number of ether oxygens (including phenoxy) is 1. The maximum atomic E-state index is 14.5. The molecule has 2 atom stereocenters. The van der Waals surface area contributed by atoms with E-state index in [-0.39, 0.29) is 18.2 Å². The summed E-state index contributed by atoms with van der Waals surface area (Å²) in [4.78, 5) is 42.8. The van der Waals surface area contributed by atoms with Crippen molar-refractivity contribution in [2.24, 2.45) is 0 Å². The van der Waals surface area contributed by atoms with Crippen molar-refractivity contribution in [3.8, 4) is 12.3 Å². The molecule has 7 nitrogen and oxygen atoms in total. The van der Waals surface area contributed by atoms with Gasteiger partial charge in [0.25, 0.3) is 0 Å². The number of nitrogens with zero attached hydrogens (tertiary/aromatic N) is 1. The first-order valence-corrected chi connectivity index (χ1v) is 14.0. The van der Waals surface area contributed by atoms with E-state index in [1.165, 1.54) is 0 Å². The van der Waals surface area contributed by atoms with Crippen LogP contribution in [-0.4, -0.2) is 46.5 Å². The van der Waals surface area contributed by atoms with Crippen LogP contribution in [0.5, 0.6) is 0 Å². The Kier molecular flexibility index (Phi) is 11.8. The van der Waals surface area contributed by atoms with Crippen LogP contribution in [0.2, 0.25) is 0 Å². The number of benzene rings is 2. The summed E-state index contributed by atoms with van der Waals surface area (Å²) in [5.41, 5.74) is 0.671. The summed E-state index contributed by atoms with van der Waals surface area (Å²) in [5.74, 6) is 1.95. The van der Waals surface area contributed by atoms with E-state index in [4.69, 9.17) is 11.2 Å². The molecule has 0 aliphatic rings. The first-order chi connectivity index (χ1) is 18.8. The molecule has 0 radical (unpaired) electrons. The molecule has 216 valence electrons. The fourth-order valence-corrected chi connectivity index (χ4v) is 4.35. The van der Waals surface area contributed by atoms with Gasteiger partial charge in [0.1, 0.15) is 17.7 Å².